The van der Waals surface area contributed by atoms with Crippen LogP contribution in [0.25, 0.3) is 21.5 Å². The van der Waals surface area contributed by atoms with Gasteiger partial charge in [0.15, 0.2) is 0 Å². The standard InChI is InChI=1S/C22H17NO/c24-15-23-22(20-13-5-9-16-7-1-3-11-18(16)20)21-14-6-10-17-8-2-4-12-19(17)21/h1-15,22H,(H,23,24). The molecular weight excluding hydrogens is 294 g/mol. The number of nitrogens with one attached hydrogen (secondary N) is 1. The molecule has 1 amide bonds. The lowest BCUT2D eigenvalue weighted by Crippen LogP contribution is -2.21. The zero-order chi connectivity index (χ0) is 16.4. The SMILES string of the molecule is O=CNC(c1cccc2ccccc12)c1cccc2ccccc12. The Bertz CT molecular complexity index is 932. The summed E-state index contributed by atoms with van der Waals surface area (Å²) in [6.45, 7) is 0. The van der Waals surface area contributed by atoms with Crippen LogP contribution < -0.4 is 5.32 Å². The van der Waals surface area contributed by atoms with Gasteiger partial charge in [0.1, 0.15) is 0 Å². The summed E-state index contributed by atoms with van der Waals surface area (Å²) in [5.41, 5.74) is 2.22. The average molecular weight is 311 g/mol. The van der Waals surface area contributed by atoms with E-state index in [1.165, 1.54) is 10.8 Å². The van der Waals surface area contributed by atoms with Gasteiger partial charge in [-0.15, -0.1) is 0 Å². The van der Waals surface area contributed by atoms with E-state index >= 15 is 0 Å². The fraction of sp³-hybridized carbons (Fsp3) is 0.0455. The first kappa shape index (κ1) is 14.5. The Morgan fingerprint density at radius 1 is 0.625 bits per heavy atom. The molecule has 0 aromatic heterocycles. The maximum Gasteiger partial charge on any atom is 0.207 e. The highest BCUT2D eigenvalue weighted by molar-refractivity contribution is 5.90. The van der Waals surface area contributed by atoms with Crippen LogP contribution in [0.15, 0.2) is 84.9 Å². The molecule has 1 N–H and O–H groups in total. The van der Waals surface area contributed by atoms with Gasteiger partial charge in [-0.25, -0.2) is 0 Å². The first-order chi connectivity index (χ1) is 11.9. The van der Waals surface area contributed by atoms with Crippen molar-refractivity contribution in [3.05, 3.63) is 96.1 Å². The lowest BCUT2D eigenvalue weighted by atomic mass is 9.91. The Morgan fingerprint density at radius 2 is 1.08 bits per heavy atom. The molecule has 0 atom stereocenters. The molecule has 0 aliphatic carbocycles. The van der Waals surface area contributed by atoms with E-state index in [2.05, 4.69) is 53.8 Å². The van der Waals surface area contributed by atoms with Crippen molar-refractivity contribution in [1.82, 2.24) is 5.32 Å². The van der Waals surface area contributed by atoms with E-state index < -0.39 is 0 Å². The van der Waals surface area contributed by atoms with Gasteiger partial charge in [-0.05, 0) is 32.7 Å². The molecule has 4 aromatic rings. The summed E-state index contributed by atoms with van der Waals surface area (Å²) < 4.78 is 0. The summed E-state index contributed by atoms with van der Waals surface area (Å²) in [5.74, 6) is 0. The minimum atomic E-state index is -0.181. The van der Waals surface area contributed by atoms with Crippen LogP contribution in [0, 0.1) is 0 Å². The van der Waals surface area contributed by atoms with Gasteiger partial charge >= 0.3 is 0 Å². The van der Waals surface area contributed by atoms with Crippen molar-refractivity contribution in [2.75, 3.05) is 0 Å². The van der Waals surface area contributed by atoms with Gasteiger partial charge in [0.05, 0.1) is 6.04 Å². The largest absolute Gasteiger partial charge is 0.348 e. The van der Waals surface area contributed by atoms with E-state index in [0.717, 1.165) is 28.3 Å². The van der Waals surface area contributed by atoms with Gasteiger partial charge < -0.3 is 5.32 Å². The first-order valence-electron chi connectivity index (χ1n) is 8.03. The van der Waals surface area contributed by atoms with Gasteiger partial charge in [-0.1, -0.05) is 84.9 Å². The lowest BCUT2D eigenvalue weighted by molar-refractivity contribution is -0.109. The van der Waals surface area contributed by atoms with Crippen molar-refractivity contribution in [3.8, 4) is 0 Å². The Labute approximate surface area is 140 Å². The fourth-order valence-electron chi connectivity index (χ4n) is 3.42. The van der Waals surface area contributed by atoms with Gasteiger partial charge in [0, 0.05) is 0 Å². The minimum Gasteiger partial charge on any atom is -0.348 e. The number of rotatable bonds is 4. The molecule has 0 radical (unpaired) electrons. The van der Waals surface area contributed by atoms with Crippen LogP contribution in [0.1, 0.15) is 17.2 Å². The second kappa shape index (κ2) is 6.17. The summed E-state index contributed by atoms with van der Waals surface area (Å²) in [7, 11) is 0. The zero-order valence-electron chi connectivity index (χ0n) is 13.1. The number of fused-ring (bicyclic) bond motifs is 2. The normalized spacial score (nSPS) is 11.0. The fourth-order valence-corrected chi connectivity index (χ4v) is 3.42. The van der Waals surface area contributed by atoms with E-state index in [1.807, 2.05) is 36.4 Å². The number of amides is 1. The second-order valence-electron chi connectivity index (χ2n) is 5.85. The maximum absolute atomic E-state index is 11.3. The molecular formula is C22H17NO. The highest BCUT2D eigenvalue weighted by Gasteiger charge is 2.17. The van der Waals surface area contributed by atoms with Gasteiger partial charge in [-0.2, -0.15) is 0 Å². The monoisotopic (exact) mass is 311 g/mol. The predicted molar refractivity (Wildman–Crippen MR) is 98.9 cm³/mol. The van der Waals surface area contributed by atoms with Crippen LogP contribution in [0.4, 0.5) is 0 Å². The second-order valence-corrected chi connectivity index (χ2v) is 5.85. The number of hydrogen-bond acceptors (Lipinski definition) is 1. The molecule has 0 fully saturated rings. The summed E-state index contributed by atoms with van der Waals surface area (Å²) in [4.78, 5) is 11.3. The van der Waals surface area contributed by atoms with Crippen LogP contribution in [0.3, 0.4) is 0 Å². The van der Waals surface area contributed by atoms with Crippen molar-refractivity contribution >= 4 is 28.0 Å². The van der Waals surface area contributed by atoms with Crippen molar-refractivity contribution in [3.63, 3.8) is 0 Å². The summed E-state index contributed by atoms with van der Waals surface area (Å²) >= 11 is 0. The van der Waals surface area contributed by atoms with E-state index in [0.29, 0.717) is 0 Å². The molecule has 4 rings (SSSR count). The molecule has 4 aromatic carbocycles. The number of hydrogen-bond donors (Lipinski definition) is 1. The topological polar surface area (TPSA) is 29.1 Å². The molecule has 24 heavy (non-hydrogen) atoms. The molecule has 0 saturated heterocycles. The third kappa shape index (κ3) is 2.42. The molecule has 0 aliphatic heterocycles. The highest BCUT2D eigenvalue weighted by Crippen LogP contribution is 2.32. The van der Waals surface area contributed by atoms with Crippen molar-refractivity contribution < 1.29 is 4.79 Å². The van der Waals surface area contributed by atoms with Crippen LogP contribution in [-0.4, -0.2) is 6.41 Å². The smallest absolute Gasteiger partial charge is 0.207 e. The molecule has 0 spiro atoms. The van der Waals surface area contributed by atoms with Crippen molar-refractivity contribution in [2.24, 2.45) is 0 Å². The Balaban J connectivity index is 1.98. The van der Waals surface area contributed by atoms with E-state index in [9.17, 15) is 4.79 Å². The third-order valence-corrected chi connectivity index (χ3v) is 4.50. The van der Waals surface area contributed by atoms with Crippen molar-refractivity contribution in [2.45, 2.75) is 6.04 Å². The number of benzene rings is 4. The zero-order valence-corrected chi connectivity index (χ0v) is 13.1. The van der Waals surface area contributed by atoms with E-state index in [1.54, 1.807) is 0 Å². The van der Waals surface area contributed by atoms with E-state index in [-0.39, 0.29) is 6.04 Å². The van der Waals surface area contributed by atoms with Crippen LogP contribution >= 0.6 is 0 Å². The summed E-state index contributed by atoms with van der Waals surface area (Å²) in [6.07, 6.45) is 0.786. The molecule has 0 unspecified atom stereocenters. The Morgan fingerprint density at radius 3 is 1.58 bits per heavy atom. The lowest BCUT2D eigenvalue weighted by Gasteiger charge is -2.21. The van der Waals surface area contributed by atoms with Gasteiger partial charge in [0.25, 0.3) is 0 Å². The van der Waals surface area contributed by atoms with Gasteiger partial charge in [0.2, 0.25) is 6.41 Å². The molecule has 2 heteroatoms. The summed E-state index contributed by atoms with van der Waals surface area (Å²) in [6, 6.07) is 28.8. The molecule has 116 valence electrons. The molecule has 0 heterocycles. The first-order valence-corrected chi connectivity index (χ1v) is 8.03. The quantitative estimate of drug-likeness (QED) is 0.537. The summed E-state index contributed by atoms with van der Waals surface area (Å²) in [5, 5.41) is 7.69. The van der Waals surface area contributed by atoms with Gasteiger partial charge in [-0.3, -0.25) is 4.79 Å². The van der Waals surface area contributed by atoms with E-state index in [4.69, 9.17) is 0 Å². The minimum absolute atomic E-state index is 0.181. The predicted octanol–water partition coefficient (Wildman–Crippen LogP) is 4.83. The molecule has 0 bridgehead atoms. The molecule has 0 saturated carbocycles. The Kier molecular flexibility index (Phi) is 3.72. The average Bonchev–Trinajstić information content (AvgIpc) is 2.65. The third-order valence-electron chi connectivity index (χ3n) is 4.50. The maximum atomic E-state index is 11.3. The molecule has 2 nitrogen and oxygen atoms in total. The van der Waals surface area contributed by atoms with Crippen molar-refractivity contribution in [1.29, 1.82) is 0 Å². The van der Waals surface area contributed by atoms with Crippen LogP contribution in [0.2, 0.25) is 0 Å². The van der Waals surface area contributed by atoms with Crippen LogP contribution in [0.5, 0.6) is 0 Å². The van der Waals surface area contributed by atoms with Crippen LogP contribution in [-0.2, 0) is 4.79 Å². The Hall–Kier alpha value is -3.13. The molecule has 0 aliphatic rings. The highest BCUT2D eigenvalue weighted by atomic mass is 16.1. The number of carbonyl (C=O) groups is 1. The number of carbonyl (C=O) groups excluding carboxylic acids is 1.